The Kier molecular flexibility index (Phi) is 5.05. The molecule has 3 rings (SSSR count). The minimum atomic E-state index is 0.00438. The Labute approximate surface area is 140 Å². The number of β-amino-alcohol motifs (C(OH)–C–C–N with tert-alkyl or cyclic N) is 1. The molecule has 1 amide bonds. The summed E-state index contributed by atoms with van der Waals surface area (Å²) in [5, 5.41) is 11.7. The molecule has 6 heteroatoms. The van der Waals surface area contributed by atoms with Crippen LogP contribution in [0.4, 0.5) is 0 Å². The summed E-state index contributed by atoms with van der Waals surface area (Å²) in [6.45, 7) is 5.89. The van der Waals surface area contributed by atoms with Gasteiger partial charge < -0.3 is 10.0 Å². The van der Waals surface area contributed by atoms with E-state index in [9.17, 15) is 4.79 Å². The fraction of sp³-hybridized carbons (Fsp3) is 0.412. The predicted molar refractivity (Wildman–Crippen MR) is 91.7 cm³/mol. The number of carbonyl (C=O) groups excluding carboxylic acids is 1. The van der Waals surface area contributed by atoms with Gasteiger partial charge in [-0.3, -0.25) is 9.69 Å². The molecule has 23 heavy (non-hydrogen) atoms. The first kappa shape index (κ1) is 16.1. The molecular weight excluding hydrogens is 310 g/mol. The Morgan fingerprint density at radius 2 is 2.00 bits per heavy atom. The molecule has 0 unspecified atom stereocenters. The molecule has 0 atom stereocenters. The van der Waals surface area contributed by atoms with Gasteiger partial charge in [-0.25, -0.2) is 4.98 Å². The highest BCUT2D eigenvalue weighted by Gasteiger charge is 2.23. The quantitative estimate of drug-likeness (QED) is 0.929. The molecule has 5 nitrogen and oxygen atoms in total. The Morgan fingerprint density at radius 1 is 1.26 bits per heavy atom. The molecule has 1 fully saturated rings. The van der Waals surface area contributed by atoms with E-state index in [4.69, 9.17) is 5.11 Å². The van der Waals surface area contributed by atoms with E-state index in [2.05, 4.69) is 22.9 Å². The molecule has 1 aromatic carbocycles. The molecule has 0 bridgehead atoms. The lowest BCUT2D eigenvalue weighted by Gasteiger charge is -2.33. The number of carbonyl (C=O) groups is 1. The topological polar surface area (TPSA) is 56.7 Å². The average molecular weight is 331 g/mol. The number of rotatable bonds is 4. The smallest absolute Gasteiger partial charge is 0.273 e. The molecule has 1 saturated heterocycles. The van der Waals surface area contributed by atoms with Crippen LogP contribution < -0.4 is 0 Å². The van der Waals surface area contributed by atoms with E-state index >= 15 is 0 Å². The molecule has 2 heterocycles. The fourth-order valence-electron chi connectivity index (χ4n) is 2.79. The standard InChI is InChI=1S/C17H21N3O2S/c1-13-4-2-3-5-14(13)16-18-15(12-23-16)17(22)20-8-6-19(7-9-20)10-11-21/h2-5,12,21H,6-11H2,1H3. The van der Waals surface area contributed by atoms with Crippen LogP contribution in [0.15, 0.2) is 29.6 Å². The summed E-state index contributed by atoms with van der Waals surface area (Å²) in [4.78, 5) is 21.2. The molecule has 1 N–H and O–H groups in total. The molecule has 0 radical (unpaired) electrons. The van der Waals surface area contributed by atoms with Crippen molar-refractivity contribution in [3.8, 4) is 10.6 Å². The maximum absolute atomic E-state index is 12.6. The van der Waals surface area contributed by atoms with Gasteiger partial charge in [0, 0.05) is 43.7 Å². The molecule has 122 valence electrons. The van der Waals surface area contributed by atoms with Gasteiger partial charge in [0.05, 0.1) is 6.61 Å². The molecule has 0 spiro atoms. The van der Waals surface area contributed by atoms with Crippen molar-refractivity contribution < 1.29 is 9.90 Å². The number of amides is 1. The van der Waals surface area contributed by atoms with Crippen molar-refractivity contribution in [2.45, 2.75) is 6.92 Å². The van der Waals surface area contributed by atoms with Crippen molar-refractivity contribution in [1.29, 1.82) is 0 Å². The first-order chi connectivity index (χ1) is 11.2. The highest BCUT2D eigenvalue weighted by atomic mass is 32.1. The van der Waals surface area contributed by atoms with Crippen LogP contribution in [0.2, 0.25) is 0 Å². The van der Waals surface area contributed by atoms with Gasteiger partial charge in [-0.15, -0.1) is 11.3 Å². The number of thiazole rings is 1. The van der Waals surface area contributed by atoms with Crippen LogP contribution >= 0.6 is 11.3 Å². The SMILES string of the molecule is Cc1ccccc1-c1nc(C(=O)N2CCN(CCO)CC2)cs1. The second kappa shape index (κ2) is 7.21. The molecule has 1 aliphatic rings. The summed E-state index contributed by atoms with van der Waals surface area (Å²) in [5.41, 5.74) is 2.78. The van der Waals surface area contributed by atoms with Crippen LogP contribution in [0.3, 0.4) is 0 Å². The molecular formula is C17H21N3O2S. The lowest BCUT2D eigenvalue weighted by molar-refractivity contribution is 0.0610. The van der Waals surface area contributed by atoms with Crippen molar-refractivity contribution in [2.75, 3.05) is 39.3 Å². The third-order valence-corrected chi connectivity index (χ3v) is 5.05. The Bertz CT molecular complexity index is 678. The third kappa shape index (κ3) is 3.60. The summed E-state index contributed by atoms with van der Waals surface area (Å²) < 4.78 is 0. The predicted octanol–water partition coefficient (Wildman–Crippen LogP) is 1.87. The van der Waals surface area contributed by atoms with E-state index in [1.165, 1.54) is 16.9 Å². The minimum Gasteiger partial charge on any atom is -0.395 e. The van der Waals surface area contributed by atoms with E-state index in [0.717, 1.165) is 23.7 Å². The molecule has 1 aliphatic heterocycles. The van der Waals surface area contributed by atoms with Gasteiger partial charge in [0.2, 0.25) is 0 Å². The van der Waals surface area contributed by atoms with Crippen LogP contribution in [0, 0.1) is 6.92 Å². The van der Waals surface area contributed by atoms with E-state index in [-0.39, 0.29) is 12.5 Å². The lowest BCUT2D eigenvalue weighted by Crippen LogP contribution is -2.49. The van der Waals surface area contributed by atoms with Crippen molar-refractivity contribution in [3.63, 3.8) is 0 Å². The summed E-state index contributed by atoms with van der Waals surface area (Å²) in [5.74, 6) is 0.00438. The van der Waals surface area contributed by atoms with Gasteiger partial charge in [0.15, 0.2) is 0 Å². The Balaban J connectivity index is 1.69. The number of aliphatic hydroxyl groups is 1. The van der Waals surface area contributed by atoms with E-state index in [1.807, 2.05) is 28.5 Å². The Morgan fingerprint density at radius 3 is 2.70 bits per heavy atom. The second-order valence-electron chi connectivity index (χ2n) is 5.71. The number of benzene rings is 1. The van der Waals surface area contributed by atoms with Gasteiger partial charge >= 0.3 is 0 Å². The van der Waals surface area contributed by atoms with Crippen LogP contribution in [-0.2, 0) is 0 Å². The van der Waals surface area contributed by atoms with E-state index in [1.54, 1.807) is 0 Å². The number of aryl methyl sites for hydroxylation is 1. The van der Waals surface area contributed by atoms with Crippen LogP contribution in [0.5, 0.6) is 0 Å². The van der Waals surface area contributed by atoms with Gasteiger partial charge in [0.1, 0.15) is 10.7 Å². The highest BCUT2D eigenvalue weighted by Crippen LogP contribution is 2.27. The average Bonchev–Trinajstić information content (AvgIpc) is 3.05. The van der Waals surface area contributed by atoms with Gasteiger partial charge in [-0.2, -0.15) is 0 Å². The van der Waals surface area contributed by atoms with Gasteiger partial charge in [-0.05, 0) is 12.5 Å². The maximum Gasteiger partial charge on any atom is 0.273 e. The number of aromatic nitrogens is 1. The van der Waals surface area contributed by atoms with Crippen LogP contribution in [-0.4, -0.2) is 65.1 Å². The van der Waals surface area contributed by atoms with E-state index in [0.29, 0.717) is 25.3 Å². The highest BCUT2D eigenvalue weighted by molar-refractivity contribution is 7.13. The zero-order chi connectivity index (χ0) is 16.2. The first-order valence-corrected chi connectivity index (χ1v) is 8.71. The molecule has 0 aliphatic carbocycles. The fourth-order valence-corrected chi connectivity index (χ4v) is 3.67. The number of piperazine rings is 1. The zero-order valence-electron chi connectivity index (χ0n) is 13.2. The monoisotopic (exact) mass is 331 g/mol. The van der Waals surface area contributed by atoms with Crippen molar-refractivity contribution in [2.24, 2.45) is 0 Å². The summed E-state index contributed by atoms with van der Waals surface area (Å²) in [6.07, 6.45) is 0. The third-order valence-electron chi connectivity index (χ3n) is 4.17. The molecule has 2 aromatic rings. The maximum atomic E-state index is 12.6. The number of hydrogen-bond acceptors (Lipinski definition) is 5. The number of nitrogens with zero attached hydrogens (tertiary/aromatic N) is 3. The summed E-state index contributed by atoms with van der Waals surface area (Å²) >= 11 is 1.52. The van der Waals surface area contributed by atoms with Crippen molar-refractivity contribution >= 4 is 17.2 Å². The number of aliphatic hydroxyl groups excluding tert-OH is 1. The first-order valence-electron chi connectivity index (χ1n) is 7.83. The van der Waals surface area contributed by atoms with Crippen LogP contribution in [0.1, 0.15) is 16.1 Å². The normalized spacial score (nSPS) is 15.8. The van der Waals surface area contributed by atoms with E-state index < -0.39 is 0 Å². The van der Waals surface area contributed by atoms with Gasteiger partial charge in [0.25, 0.3) is 5.91 Å². The summed E-state index contributed by atoms with van der Waals surface area (Å²) in [7, 11) is 0. The summed E-state index contributed by atoms with van der Waals surface area (Å²) in [6, 6.07) is 8.09. The second-order valence-corrected chi connectivity index (χ2v) is 6.57. The molecule has 1 aromatic heterocycles. The largest absolute Gasteiger partial charge is 0.395 e. The van der Waals surface area contributed by atoms with Gasteiger partial charge in [-0.1, -0.05) is 24.3 Å². The zero-order valence-corrected chi connectivity index (χ0v) is 14.1. The van der Waals surface area contributed by atoms with Crippen molar-refractivity contribution in [1.82, 2.24) is 14.8 Å². The Hall–Kier alpha value is -1.76. The van der Waals surface area contributed by atoms with Crippen molar-refractivity contribution in [3.05, 3.63) is 40.9 Å². The minimum absolute atomic E-state index is 0.00438. The lowest BCUT2D eigenvalue weighted by atomic mass is 10.1. The number of hydrogen-bond donors (Lipinski definition) is 1. The molecule has 0 saturated carbocycles. The van der Waals surface area contributed by atoms with Crippen LogP contribution in [0.25, 0.3) is 10.6 Å².